The number of hydrogen-bond donors (Lipinski definition) is 3. The van der Waals surface area contributed by atoms with Crippen molar-refractivity contribution < 1.29 is 18.3 Å². The molecule has 172 valence electrons. The zero-order valence-electron chi connectivity index (χ0n) is 18.3. The van der Waals surface area contributed by atoms with E-state index in [1.54, 1.807) is 0 Å². The molecule has 0 unspecified atom stereocenters. The fourth-order valence-corrected chi connectivity index (χ4v) is 4.67. The molecule has 2 amide bonds. The van der Waals surface area contributed by atoms with Gasteiger partial charge in [0.25, 0.3) is 10.0 Å². The molecule has 1 aromatic carbocycles. The van der Waals surface area contributed by atoms with Crippen LogP contribution in [0.15, 0.2) is 17.0 Å². The Morgan fingerprint density at radius 1 is 0.933 bits per heavy atom. The number of aromatic hydroxyl groups is 1. The SMILES string of the molecule is CCCCCCCCCCCCc1cc(Cl)c(O)cc1S(=O)(=O)NC(=O)NCCC. The second-order valence-corrected chi connectivity index (χ2v) is 9.76. The molecular weight excluding hydrogens is 424 g/mol. The number of benzene rings is 1. The van der Waals surface area contributed by atoms with Crippen molar-refractivity contribution in [3.63, 3.8) is 0 Å². The molecule has 6 nitrogen and oxygen atoms in total. The molecule has 1 rings (SSSR count). The van der Waals surface area contributed by atoms with E-state index in [2.05, 4.69) is 12.2 Å². The maximum absolute atomic E-state index is 12.6. The van der Waals surface area contributed by atoms with Gasteiger partial charge >= 0.3 is 6.03 Å². The van der Waals surface area contributed by atoms with Crippen LogP contribution in [-0.2, 0) is 16.4 Å². The van der Waals surface area contributed by atoms with Crippen LogP contribution in [0.5, 0.6) is 5.75 Å². The van der Waals surface area contributed by atoms with Crippen LogP contribution < -0.4 is 10.0 Å². The summed E-state index contributed by atoms with van der Waals surface area (Å²) in [4.78, 5) is 11.7. The van der Waals surface area contributed by atoms with Gasteiger partial charge in [-0.15, -0.1) is 0 Å². The molecule has 3 N–H and O–H groups in total. The Balaban J connectivity index is 2.59. The Morgan fingerprint density at radius 3 is 2.07 bits per heavy atom. The third-order valence-electron chi connectivity index (χ3n) is 4.98. The summed E-state index contributed by atoms with van der Waals surface area (Å²) in [6.45, 7) is 4.46. The number of nitrogens with one attached hydrogen (secondary N) is 2. The number of carbonyl (C=O) groups excluding carboxylic acids is 1. The Labute approximate surface area is 186 Å². The number of phenolic OH excluding ortho intramolecular Hbond substituents is 1. The molecule has 30 heavy (non-hydrogen) atoms. The average molecular weight is 461 g/mol. The largest absolute Gasteiger partial charge is 0.506 e. The predicted molar refractivity (Wildman–Crippen MR) is 123 cm³/mol. The first-order valence-electron chi connectivity index (χ1n) is 11.1. The van der Waals surface area contributed by atoms with Gasteiger partial charge in [0.1, 0.15) is 5.75 Å². The minimum absolute atomic E-state index is 0.103. The quantitative estimate of drug-likeness (QED) is 0.283. The summed E-state index contributed by atoms with van der Waals surface area (Å²) in [6.07, 6.45) is 13.0. The molecular formula is C22H37ClN2O4S. The summed E-state index contributed by atoms with van der Waals surface area (Å²) < 4.78 is 27.3. The molecule has 0 aliphatic rings. The Hall–Kier alpha value is -1.47. The Bertz CT molecular complexity index is 754. The van der Waals surface area contributed by atoms with E-state index in [4.69, 9.17) is 11.6 Å². The van der Waals surface area contributed by atoms with Crippen LogP contribution in [0, 0.1) is 0 Å². The fourth-order valence-electron chi connectivity index (χ4n) is 3.28. The summed E-state index contributed by atoms with van der Waals surface area (Å²) in [6, 6.07) is 1.81. The van der Waals surface area contributed by atoms with Crippen LogP contribution in [0.2, 0.25) is 5.02 Å². The van der Waals surface area contributed by atoms with E-state index in [1.807, 2.05) is 11.6 Å². The van der Waals surface area contributed by atoms with Crippen molar-refractivity contribution in [1.82, 2.24) is 10.0 Å². The molecule has 0 saturated heterocycles. The number of rotatable bonds is 15. The molecule has 0 heterocycles. The second-order valence-electron chi connectivity index (χ2n) is 7.70. The maximum atomic E-state index is 12.6. The highest BCUT2D eigenvalue weighted by atomic mass is 35.5. The fraction of sp³-hybridized carbons (Fsp3) is 0.682. The van der Waals surface area contributed by atoms with Gasteiger partial charge in [0.2, 0.25) is 0 Å². The van der Waals surface area contributed by atoms with Gasteiger partial charge in [0.15, 0.2) is 0 Å². The van der Waals surface area contributed by atoms with E-state index >= 15 is 0 Å². The van der Waals surface area contributed by atoms with Gasteiger partial charge in [-0.3, -0.25) is 0 Å². The van der Waals surface area contributed by atoms with Gasteiger partial charge in [0.05, 0.1) is 9.92 Å². The average Bonchev–Trinajstić information content (AvgIpc) is 2.69. The van der Waals surface area contributed by atoms with Crippen molar-refractivity contribution in [2.45, 2.75) is 95.8 Å². The van der Waals surface area contributed by atoms with Gasteiger partial charge in [-0.1, -0.05) is 83.2 Å². The Morgan fingerprint density at radius 2 is 1.50 bits per heavy atom. The van der Waals surface area contributed by atoms with Crippen molar-refractivity contribution in [2.24, 2.45) is 0 Å². The summed E-state index contributed by atoms with van der Waals surface area (Å²) in [5, 5.41) is 12.5. The highest BCUT2D eigenvalue weighted by Crippen LogP contribution is 2.30. The zero-order chi connectivity index (χ0) is 22.4. The standard InChI is InChI=1S/C22H37ClN2O4S/c1-3-5-6-7-8-9-10-11-12-13-14-18-16-19(23)20(26)17-21(18)30(28,29)25-22(27)24-15-4-2/h16-17,26H,3-15H2,1-2H3,(H2,24,25,27). The minimum atomic E-state index is -4.10. The summed E-state index contributed by atoms with van der Waals surface area (Å²) in [5.41, 5.74) is 0.508. The van der Waals surface area contributed by atoms with Crippen LogP contribution in [-0.4, -0.2) is 26.1 Å². The molecule has 0 aromatic heterocycles. The lowest BCUT2D eigenvalue weighted by Gasteiger charge is -2.13. The van der Waals surface area contributed by atoms with Crippen LogP contribution >= 0.6 is 11.6 Å². The summed E-state index contributed by atoms with van der Waals surface area (Å²) in [7, 11) is -4.10. The van der Waals surface area contributed by atoms with Gasteiger partial charge < -0.3 is 10.4 Å². The van der Waals surface area contributed by atoms with Crippen molar-refractivity contribution in [3.8, 4) is 5.75 Å². The molecule has 0 radical (unpaired) electrons. The number of halogens is 1. The van der Waals surface area contributed by atoms with Crippen molar-refractivity contribution in [2.75, 3.05) is 6.54 Å². The van der Waals surface area contributed by atoms with Crippen molar-refractivity contribution in [3.05, 3.63) is 22.7 Å². The van der Waals surface area contributed by atoms with E-state index < -0.39 is 16.1 Å². The van der Waals surface area contributed by atoms with Gasteiger partial charge in [-0.2, -0.15) is 0 Å². The lowest BCUT2D eigenvalue weighted by atomic mass is 10.0. The minimum Gasteiger partial charge on any atom is -0.506 e. The molecule has 0 aliphatic heterocycles. The molecule has 0 atom stereocenters. The Kier molecular flexibility index (Phi) is 12.9. The van der Waals surface area contributed by atoms with Crippen LogP contribution in [0.4, 0.5) is 4.79 Å². The van der Waals surface area contributed by atoms with Crippen LogP contribution in [0.1, 0.15) is 90.0 Å². The van der Waals surface area contributed by atoms with E-state index in [0.717, 1.165) is 25.3 Å². The molecule has 0 fully saturated rings. The first-order valence-corrected chi connectivity index (χ1v) is 13.0. The predicted octanol–water partition coefficient (Wildman–Crippen LogP) is 5.91. The van der Waals surface area contributed by atoms with Crippen molar-refractivity contribution in [1.29, 1.82) is 0 Å². The number of aryl methyl sites for hydroxylation is 1. The number of unbranched alkanes of at least 4 members (excludes halogenated alkanes) is 9. The lowest BCUT2D eigenvalue weighted by Crippen LogP contribution is -2.39. The smallest absolute Gasteiger partial charge is 0.328 e. The maximum Gasteiger partial charge on any atom is 0.328 e. The first kappa shape index (κ1) is 26.6. The van der Waals surface area contributed by atoms with Gasteiger partial charge in [-0.25, -0.2) is 17.9 Å². The highest BCUT2D eigenvalue weighted by molar-refractivity contribution is 7.90. The molecule has 0 aliphatic carbocycles. The summed E-state index contributed by atoms with van der Waals surface area (Å²) in [5.74, 6) is -0.321. The molecule has 8 heteroatoms. The number of amides is 2. The van der Waals surface area contributed by atoms with E-state index in [1.165, 1.54) is 51.0 Å². The summed E-state index contributed by atoms with van der Waals surface area (Å²) >= 11 is 6.00. The number of urea groups is 1. The normalized spacial score (nSPS) is 11.4. The third kappa shape index (κ3) is 10.0. The molecule has 1 aromatic rings. The van der Waals surface area contributed by atoms with Gasteiger partial charge in [0, 0.05) is 12.6 Å². The topological polar surface area (TPSA) is 95.5 Å². The van der Waals surface area contributed by atoms with Gasteiger partial charge in [-0.05, 0) is 30.9 Å². The van der Waals surface area contributed by atoms with E-state index in [-0.39, 0.29) is 15.7 Å². The van der Waals surface area contributed by atoms with E-state index in [9.17, 15) is 18.3 Å². The molecule has 0 saturated carbocycles. The van der Waals surface area contributed by atoms with E-state index in [0.29, 0.717) is 24.9 Å². The van der Waals surface area contributed by atoms with Crippen molar-refractivity contribution >= 4 is 27.7 Å². The number of hydrogen-bond acceptors (Lipinski definition) is 4. The number of sulfonamides is 1. The first-order chi connectivity index (χ1) is 14.3. The zero-order valence-corrected chi connectivity index (χ0v) is 19.9. The van der Waals surface area contributed by atoms with Crippen LogP contribution in [0.3, 0.4) is 0 Å². The highest BCUT2D eigenvalue weighted by Gasteiger charge is 2.23. The van der Waals surface area contributed by atoms with Crippen LogP contribution in [0.25, 0.3) is 0 Å². The second kappa shape index (κ2) is 14.5. The lowest BCUT2D eigenvalue weighted by molar-refractivity contribution is 0.246. The molecule has 0 spiro atoms. The third-order valence-corrected chi connectivity index (χ3v) is 6.70. The molecule has 0 bridgehead atoms. The number of carbonyl (C=O) groups is 1. The monoisotopic (exact) mass is 460 g/mol. The number of phenols is 1.